The predicted molar refractivity (Wildman–Crippen MR) is 117 cm³/mol. The topological polar surface area (TPSA) is 86.7 Å². The van der Waals surface area contributed by atoms with Gasteiger partial charge < -0.3 is 15.4 Å². The highest BCUT2D eigenvalue weighted by molar-refractivity contribution is 7.16. The molecule has 0 radical (unpaired) electrons. The first-order valence-electron chi connectivity index (χ1n) is 9.53. The minimum Gasteiger partial charge on any atom is -0.396 e. The fourth-order valence-corrected chi connectivity index (χ4v) is 4.31. The lowest BCUT2D eigenvalue weighted by atomic mass is 10.0. The summed E-state index contributed by atoms with van der Waals surface area (Å²) in [5.41, 5.74) is 2.33. The third-order valence-corrected chi connectivity index (χ3v) is 5.80. The number of fused-ring (bicyclic) bond motifs is 2. The van der Waals surface area contributed by atoms with Crippen LogP contribution < -0.4 is 5.32 Å². The molecule has 1 atom stereocenters. The molecule has 5 rings (SSSR count). The summed E-state index contributed by atoms with van der Waals surface area (Å²) in [5, 5.41) is 16.6. The smallest absolute Gasteiger partial charge is 0.165 e. The number of aliphatic hydroxyl groups is 1. The number of anilines is 1. The second-order valence-corrected chi connectivity index (χ2v) is 7.80. The highest BCUT2D eigenvalue weighted by Gasteiger charge is 2.18. The number of hydrogen-bond donors (Lipinski definition) is 3. The average Bonchev–Trinajstić information content (AvgIpc) is 3.40. The Morgan fingerprint density at radius 1 is 1.13 bits per heavy atom. The summed E-state index contributed by atoms with van der Waals surface area (Å²) in [5.74, 6) is 0.755. The molecule has 0 bridgehead atoms. The lowest BCUT2D eigenvalue weighted by Gasteiger charge is -2.20. The second kappa shape index (κ2) is 7.81. The van der Waals surface area contributed by atoms with Crippen molar-refractivity contribution in [2.45, 2.75) is 12.5 Å². The third kappa shape index (κ3) is 3.40. The van der Waals surface area contributed by atoms with Crippen LogP contribution >= 0.6 is 11.3 Å². The Labute approximate surface area is 175 Å². The van der Waals surface area contributed by atoms with Crippen molar-refractivity contribution in [2.24, 2.45) is 0 Å². The largest absolute Gasteiger partial charge is 0.396 e. The molecule has 8 heteroatoms. The van der Waals surface area contributed by atoms with Crippen LogP contribution in [-0.2, 0) is 0 Å². The van der Waals surface area contributed by atoms with E-state index in [1.165, 1.54) is 23.6 Å². The van der Waals surface area contributed by atoms with Crippen LogP contribution in [0.2, 0.25) is 0 Å². The highest BCUT2D eigenvalue weighted by atomic mass is 32.1. The Balaban J connectivity index is 1.62. The van der Waals surface area contributed by atoms with Gasteiger partial charge in [0.1, 0.15) is 22.1 Å². The molecule has 4 aromatic heterocycles. The summed E-state index contributed by atoms with van der Waals surface area (Å²) in [6, 6.07) is 13.3. The summed E-state index contributed by atoms with van der Waals surface area (Å²) in [7, 11) is 0. The van der Waals surface area contributed by atoms with Gasteiger partial charge in [0.25, 0.3) is 0 Å². The van der Waals surface area contributed by atoms with Gasteiger partial charge in [0, 0.05) is 23.8 Å². The van der Waals surface area contributed by atoms with Crippen LogP contribution in [-0.4, -0.2) is 31.6 Å². The number of aromatic nitrogens is 4. The lowest BCUT2D eigenvalue weighted by molar-refractivity contribution is 0.280. The number of hydrogen-bond acceptors (Lipinski definition) is 6. The molecule has 150 valence electrons. The summed E-state index contributed by atoms with van der Waals surface area (Å²) >= 11 is 1.52. The van der Waals surface area contributed by atoms with Gasteiger partial charge in [-0.15, -0.1) is 11.3 Å². The number of aromatic amines is 1. The number of thiophene rings is 1. The zero-order valence-corrected chi connectivity index (χ0v) is 16.7. The molecule has 0 aliphatic carbocycles. The van der Waals surface area contributed by atoms with Gasteiger partial charge in [0.05, 0.1) is 17.6 Å². The first-order valence-corrected chi connectivity index (χ1v) is 10.4. The highest BCUT2D eigenvalue weighted by Crippen LogP contribution is 2.33. The Morgan fingerprint density at radius 3 is 2.83 bits per heavy atom. The van der Waals surface area contributed by atoms with Gasteiger partial charge in [-0.2, -0.15) is 0 Å². The molecule has 3 N–H and O–H groups in total. The molecule has 1 unspecified atom stereocenters. The van der Waals surface area contributed by atoms with Gasteiger partial charge in [-0.25, -0.2) is 19.3 Å². The van der Waals surface area contributed by atoms with Crippen molar-refractivity contribution >= 4 is 38.4 Å². The molecule has 1 aromatic carbocycles. The Morgan fingerprint density at radius 2 is 2.00 bits per heavy atom. The predicted octanol–water partition coefficient (Wildman–Crippen LogP) is 4.91. The van der Waals surface area contributed by atoms with Crippen molar-refractivity contribution in [1.82, 2.24) is 19.9 Å². The van der Waals surface area contributed by atoms with E-state index in [2.05, 4.69) is 15.3 Å². The third-order valence-electron chi connectivity index (χ3n) is 4.99. The molecule has 30 heavy (non-hydrogen) atoms. The van der Waals surface area contributed by atoms with Gasteiger partial charge in [-0.05, 0) is 29.5 Å². The number of benzene rings is 1. The SMILES string of the molecule is OCCC(Nc1nc(-c2c[nH]c3ncc(F)cc23)nc2sccc12)c1ccccc1. The number of pyridine rings is 1. The van der Waals surface area contributed by atoms with Crippen LogP contribution in [0.3, 0.4) is 0 Å². The molecule has 0 saturated carbocycles. The minimum absolute atomic E-state index is 0.0463. The maximum Gasteiger partial charge on any atom is 0.165 e. The van der Waals surface area contributed by atoms with E-state index in [-0.39, 0.29) is 12.6 Å². The number of halogens is 1. The fraction of sp³-hybridized carbons (Fsp3) is 0.136. The standard InChI is InChI=1S/C22H18FN5OS/c23-14-10-16-17(12-25-19(16)24-11-14)21-27-20(15-7-9-30-22(15)28-21)26-18(6-8-29)13-4-2-1-3-5-13/h1-5,7,9-12,18,29H,6,8H2,(H,24,25)(H,26,27,28). The molecule has 5 aromatic rings. The van der Waals surface area contributed by atoms with Crippen LogP contribution in [0.15, 0.2) is 60.2 Å². The Bertz CT molecular complexity index is 1320. The molecular weight excluding hydrogens is 401 g/mol. The van der Waals surface area contributed by atoms with Crippen molar-refractivity contribution < 1.29 is 9.50 Å². The summed E-state index contributed by atoms with van der Waals surface area (Å²) in [4.78, 5) is 17.4. The van der Waals surface area contributed by atoms with E-state index in [4.69, 9.17) is 9.97 Å². The van der Waals surface area contributed by atoms with E-state index >= 15 is 0 Å². The maximum atomic E-state index is 13.8. The molecule has 0 amide bonds. The van der Waals surface area contributed by atoms with Gasteiger partial charge in [0.2, 0.25) is 0 Å². The quantitative estimate of drug-likeness (QED) is 0.364. The average molecular weight is 419 g/mol. The van der Waals surface area contributed by atoms with Crippen molar-refractivity contribution in [3.63, 3.8) is 0 Å². The van der Waals surface area contributed by atoms with E-state index in [0.29, 0.717) is 34.7 Å². The van der Waals surface area contributed by atoms with Gasteiger partial charge in [-0.1, -0.05) is 30.3 Å². The van der Waals surface area contributed by atoms with E-state index in [1.54, 1.807) is 6.20 Å². The first-order chi connectivity index (χ1) is 14.7. The molecule has 6 nitrogen and oxygen atoms in total. The molecular formula is C22H18FN5OS. The van der Waals surface area contributed by atoms with Crippen molar-refractivity contribution in [3.05, 3.63) is 71.6 Å². The Kier molecular flexibility index (Phi) is 4.86. The molecule has 0 aliphatic heterocycles. The fourth-order valence-electron chi connectivity index (χ4n) is 3.55. The van der Waals surface area contributed by atoms with Crippen molar-refractivity contribution in [1.29, 1.82) is 0 Å². The Hall–Kier alpha value is -3.36. The van der Waals surface area contributed by atoms with Gasteiger partial charge >= 0.3 is 0 Å². The number of aliphatic hydroxyl groups excluding tert-OH is 1. The number of H-pyrrole nitrogens is 1. The number of nitrogens with zero attached hydrogens (tertiary/aromatic N) is 3. The van der Waals surface area contributed by atoms with Crippen LogP contribution in [0, 0.1) is 5.82 Å². The van der Waals surface area contributed by atoms with Crippen LogP contribution in [0.25, 0.3) is 32.6 Å². The zero-order chi connectivity index (χ0) is 20.5. The van der Waals surface area contributed by atoms with Gasteiger partial charge in [-0.3, -0.25) is 0 Å². The lowest BCUT2D eigenvalue weighted by Crippen LogP contribution is -2.14. The normalized spacial score (nSPS) is 12.5. The molecule has 0 spiro atoms. The second-order valence-electron chi connectivity index (χ2n) is 6.91. The van der Waals surface area contributed by atoms with Crippen molar-refractivity contribution in [2.75, 3.05) is 11.9 Å². The summed E-state index contributed by atoms with van der Waals surface area (Å²) in [6.45, 7) is 0.0463. The van der Waals surface area contributed by atoms with Crippen LogP contribution in [0.5, 0.6) is 0 Å². The zero-order valence-electron chi connectivity index (χ0n) is 15.8. The van der Waals surface area contributed by atoms with Gasteiger partial charge in [0.15, 0.2) is 5.82 Å². The monoisotopic (exact) mass is 419 g/mol. The van der Waals surface area contributed by atoms with Crippen LogP contribution in [0.1, 0.15) is 18.0 Å². The molecule has 0 fully saturated rings. The number of rotatable bonds is 6. The molecule has 0 saturated heterocycles. The summed E-state index contributed by atoms with van der Waals surface area (Å²) < 4.78 is 13.8. The molecule has 4 heterocycles. The van der Waals surface area contributed by atoms with E-state index in [1.807, 2.05) is 41.8 Å². The van der Waals surface area contributed by atoms with Crippen molar-refractivity contribution in [3.8, 4) is 11.4 Å². The minimum atomic E-state index is -0.411. The number of nitrogens with one attached hydrogen (secondary N) is 2. The van der Waals surface area contributed by atoms with E-state index in [9.17, 15) is 9.50 Å². The maximum absolute atomic E-state index is 13.8. The van der Waals surface area contributed by atoms with E-state index < -0.39 is 5.82 Å². The molecule has 0 aliphatic rings. The summed E-state index contributed by atoms with van der Waals surface area (Å²) in [6.07, 6.45) is 3.47. The first kappa shape index (κ1) is 18.7. The van der Waals surface area contributed by atoms with E-state index in [0.717, 1.165) is 15.8 Å². The van der Waals surface area contributed by atoms with Crippen LogP contribution in [0.4, 0.5) is 10.2 Å².